The summed E-state index contributed by atoms with van der Waals surface area (Å²) in [6.07, 6.45) is 0.164. The monoisotopic (exact) mass is 297 g/mol. The third kappa shape index (κ3) is 2.78. The van der Waals surface area contributed by atoms with Crippen LogP contribution in [0.25, 0.3) is 0 Å². The first kappa shape index (κ1) is 14.8. The van der Waals surface area contributed by atoms with Crippen LogP contribution >= 0.6 is 11.6 Å². The lowest BCUT2D eigenvalue weighted by molar-refractivity contribution is -0.145. The largest absolute Gasteiger partial charge is 0.480 e. The van der Waals surface area contributed by atoms with Crippen LogP contribution in [0.4, 0.5) is 0 Å². The molecule has 20 heavy (non-hydrogen) atoms. The summed E-state index contributed by atoms with van der Waals surface area (Å²) in [4.78, 5) is 23.3. The number of aliphatic hydroxyl groups excluding tert-OH is 1. The Morgan fingerprint density at radius 3 is 2.25 bits per heavy atom. The Bertz CT molecular complexity index is 522. The molecular formula is C14H16ClNO4. The van der Waals surface area contributed by atoms with Crippen LogP contribution in [-0.2, 0) is 15.0 Å². The molecule has 1 aliphatic rings. The molecule has 1 amide bonds. The maximum atomic E-state index is 12.3. The summed E-state index contributed by atoms with van der Waals surface area (Å²) in [5, 5.41) is 21.4. The minimum atomic E-state index is -1.30. The van der Waals surface area contributed by atoms with Gasteiger partial charge < -0.3 is 15.5 Å². The van der Waals surface area contributed by atoms with E-state index in [1.54, 1.807) is 24.3 Å². The van der Waals surface area contributed by atoms with Crippen molar-refractivity contribution in [3.63, 3.8) is 0 Å². The van der Waals surface area contributed by atoms with Crippen LogP contribution in [0.3, 0.4) is 0 Å². The SMILES string of the molecule is C[C@@H](O)[C@H](NC(=O)C1(c2ccc(Cl)cc2)CC1)C(=O)O. The minimum Gasteiger partial charge on any atom is -0.480 e. The van der Waals surface area contributed by atoms with Crippen LogP contribution in [0.5, 0.6) is 0 Å². The first-order chi connectivity index (χ1) is 9.36. The summed E-state index contributed by atoms with van der Waals surface area (Å²) in [6.45, 7) is 1.33. The molecule has 0 bridgehead atoms. The molecule has 0 heterocycles. The summed E-state index contributed by atoms with van der Waals surface area (Å²) in [6, 6.07) is 5.65. The van der Waals surface area contributed by atoms with Crippen molar-refractivity contribution in [2.75, 3.05) is 0 Å². The zero-order valence-corrected chi connectivity index (χ0v) is 11.7. The van der Waals surface area contributed by atoms with Crippen LogP contribution in [0.1, 0.15) is 25.3 Å². The third-order valence-corrected chi connectivity index (χ3v) is 3.87. The van der Waals surface area contributed by atoms with Crippen molar-refractivity contribution in [2.24, 2.45) is 0 Å². The fraction of sp³-hybridized carbons (Fsp3) is 0.429. The molecule has 0 aromatic heterocycles. The van der Waals surface area contributed by atoms with Gasteiger partial charge >= 0.3 is 5.97 Å². The van der Waals surface area contributed by atoms with Crippen molar-refractivity contribution >= 4 is 23.5 Å². The summed E-state index contributed by atoms with van der Waals surface area (Å²) < 4.78 is 0. The molecule has 0 aliphatic heterocycles. The van der Waals surface area contributed by atoms with Gasteiger partial charge in [-0.1, -0.05) is 23.7 Å². The van der Waals surface area contributed by atoms with E-state index in [-0.39, 0.29) is 5.91 Å². The maximum absolute atomic E-state index is 12.3. The lowest BCUT2D eigenvalue weighted by atomic mass is 9.94. The highest BCUT2D eigenvalue weighted by atomic mass is 35.5. The van der Waals surface area contributed by atoms with E-state index in [9.17, 15) is 14.7 Å². The molecule has 2 atom stereocenters. The van der Waals surface area contributed by atoms with Crippen molar-refractivity contribution < 1.29 is 19.8 Å². The number of benzene rings is 1. The van der Waals surface area contributed by atoms with E-state index in [4.69, 9.17) is 16.7 Å². The van der Waals surface area contributed by atoms with Gasteiger partial charge in [-0.15, -0.1) is 0 Å². The van der Waals surface area contributed by atoms with Gasteiger partial charge in [-0.25, -0.2) is 4.79 Å². The second-order valence-electron chi connectivity index (χ2n) is 5.12. The Morgan fingerprint density at radius 2 is 1.85 bits per heavy atom. The molecular weight excluding hydrogens is 282 g/mol. The van der Waals surface area contributed by atoms with E-state index in [0.717, 1.165) is 5.56 Å². The van der Waals surface area contributed by atoms with E-state index < -0.39 is 23.5 Å². The zero-order chi connectivity index (χ0) is 14.9. The van der Waals surface area contributed by atoms with Crippen molar-refractivity contribution in [2.45, 2.75) is 37.3 Å². The number of carbonyl (C=O) groups is 2. The Labute approximate surface area is 121 Å². The Hall–Kier alpha value is -1.59. The summed E-state index contributed by atoms with van der Waals surface area (Å²) >= 11 is 5.82. The molecule has 2 rings (SSSR count). The number of carboxylic acid groups (broad SMARTS) is 1. The summed E-state index contributed by atoms with van der Waals surface area (Å²) in [5.41, 5.74) is 0.127. The number of carbonyl (C=O) groups excluding carboxylic acids is 1. The zero-order valence-electron chi connectivity index (χ0n) is 11.0. The predicted molar refractivity (Wildman–Crippen MR) is 73.6 cm³/mol. The van der Waals surface area contributed by atoms with Crippen LogP contribution in [0, 0.1) is 0 Å². The van der Waals surface area contributed by atoms with Crippen molar-refractivity contribution in [1.29, 1.82) is 0 Å². The molecule has 0 spiro atoms. The van der Waals surface area contributed by atoms with Crippen molar-refractivity contribution in [3.05, 3.63) is 34.9 Å². The standard InChI is InChI=1S/C14H16ClNO4/c1-8(17)11(12(18)19)16-13(20)14(6-7-14)9-2-4-10(15)5-3-9/h2-5,8,11,17H,6-7H2,1H3,(H,16,20)(H,18,19)/t8-,11+/m1/s1. The average molecular weight is 298 g/mol. The molecule has 1 fully saturated rings. The highest BCUT2D eigenvalue weighted by Crippen LogP contribution is 2.48. The lowest BCUT2D eigenvalue weighted by Crippen LogP contribution is -2.50. The molecule has 1 aromatic carbocycles. The Morgan fingerprint density at radius 1 is 1.30 bits per heavy atom. The smallest absolute Gasteiger partial charge is 0.328 e. The van der Waals surface area contributed by atoms with Gasteiger partial charge in [0.15, 0.2) is 6.04 Å². The average Bonchev–Trinajstić information content (AvgIpc) is 3.17. The predicted octanol–water partition coefficient (Wildman–Crippen LogP) is 1.32. The van der Waals surface area contributed by atoms with Crippen molar-refractivity contribution in [1.82, 2.24) is 5.32 Å². The quantitative estimate of drug-likeness (QED) is 0.765. The van der Waals surface area contributed by atoms with E-state index in [2.05, 4.69) is 5.32 Å². The molecule has 6 heteroatoms. The van der Waals surface area contributed by atoms with Gasteiger partial charge in [0.05, 0.1) is 11.5 Å². The Balaban J connectivity index is 2.16. The van der Waals surface area contributed by atoms with Gasteiger partial charge in [-0.3, -0.25) is 4.79 Å². The molecule has 1 aliphatic carbocycles. The highest BCUT2D eigenvalue weighted by Gasteiger charge is 2.52. The number of aliphatic carboxylic acids is 1. The van der Waals surface area contributed by atoms with E-state index in [1.165, 1.54) is 6.92 Å². The topological polar surface area (TPSA) is 86.6 Å². The minimum absolute atomic E-state index is 0.367. The second kappa shape index (κ2) is 5.42. The number of nitrogens with one attached hydrogen (secondary N) is 1. The van der Waals surface area contributed by atoms with Gasteiger partial charge in [0, 0.05) is 5.02 Å². The molecule has 5 nitrogen and oxygen atoms in total. The number of hydrogen-bond acceptors (Lipinski definition) is 3. The normalized spacial score (nSPS) is 18.9. The molecule has 0 radical (unpaired) electrons. The number of amides is 1. The molecule has 1 saturated carbocycles. The van der Waals surface area contributed by atoms with Crippen LogP contribution in [-0.4, -0.2) is 34.2 Å². The van der Waals surface area contributed by atoms with Gasteiger partial charge in [-0.05, 0) is 37.5 Å². The van der Waals surface area contributed by atoms with Gasteiger partial charge in [0.25, 0.3) is 0 Å². The van der Waals surface area contributed by atoms with Crippen LogP contribution < -0.4 is 5.32 Å². The third-order valence-electron chi connectivity index (χ3n) is 3.62. The van der Waals surface area contributed by atoms with Crippen LogP contribution in [0.2, 0.25) is 5.02 Å². The van der Waals surface area contributed by atoms with Gasteiger partial charge in [0.2, 0.25) is 5.91 Å². The lowest BCUT2D eigenvalue weighted by Gasteiger charge is -2.21. The van der Waals surface area contributed by atoms with E-state index in [0.29, 0.717) is 17.9 Å². The summed E-state index contributed by atoms with van der Waals surface area (Å²) in [5.74, 6) is -1.62. The van der Waals surface area contributed by atoms with E-state index >= 15 is 0 Å². The van der Waals surface area contributed by atoms with Crippen LogP contribution in [0.15, 0.2) is 24.3 Å². The molecule has 3 N–H and O–H groups in total. The fourth-order valence-electron chi connectivity index (χ4n) is 2.21. The highest BCUT2D eigenvalue weighted by molar-refractivity contribution is 6.30. The number of halogens is 1. The second-order valence-corrected chi connectivity index (χ2v) is 5.56. The fourth-order valence-corrected chi connectivity index (χ4v) is 2.33. The molecule has 0 unspecified atom stereocenters. The molecule has 1 aromatic rings. The molecule has 108 valence electrons. The number of hydrogen-bond donors (Lipinski definition) is 3. The first-order valence-electron chi connectivity index (χ1n) is 6.35. The number of carboxylic acids is 1. The van der Waals surface area contributed by atoms with Gasteiger partial charge in [0.1, 0.15) is 0 Å². The van der Waals surface area contributed by atoms with E-state index in [1.807, 2.05) is 0 Å². The first-order valence-corrected chi connectivity index (χ1v) is 6.72. The molecule has 0 saturated heterocycles. The number of rotatable bonds is 5. The maximum Gasteiger partial charge on any atom is 0.328 e. The van der Waals surface area contributed by atoms with Crippen molar-refractivity contribution in [3.8, 4) is 0 Å². The summed E-state index contributed by atoms with van der Waals surface area (Å²) in [7, 11) is 0. The number of aliphatic hydroxyl groups is 1. The van der Waals surface area contributed by atoms with Gasteiger partial charge in [-0.2, -0.15) is 0 Å². The Kier molecular flexibility index (Phi) is 4.01.